The molecule has 4 rings (SSSR count). The predicted octanol–water partition coefficient (Wildman–Crippen LogP) is 3.42. The van der Waals surface area contributed by atoms with Crippen molar-refractivity contribution in [1.29, 1.82) is 0 Å². The molecule has 0 fully saturated rings. The molecule has 8 heteroatoms. The first-order valence-corrected chi connectivity index (χ1v) is 9.65. The van der Waals surface area contributed by atoms with Crippen LogP contribution in [-0.2, 0) is 12.4 Å². The first-order chi connectivity index (χ1) is 13.7. The van der Waals surface area contributed by atoms with Crippen molar-refractivity contribution in [2.24, 2.45) is 0 Å². The highest BCUT2D eigenvalue weighted by atomic mass is 32.2. The molecule has 0 amide bonds. The smallest absolute Gasteiger partial charge is 0.210 e. The highest BCUT2D eigenvalue weighted by molar-refractivity contribution is 7.98. The van der Waals surface area contributed by atoms with Crippen LogP contribution in [0.25, 0.3) is 10.9 Å². The van der Waals surface area contributed by atoms with Gasteiger partial charge in [-0.1, -0.05) is 42.1 Å². The van der Waals surface area contributed by atoms with E-state index in [1.165, 1.54) is 16.4 Å². The molecule has 0 bridgehead atoms. The van der Waals surface area contributed by atoms with Crippen LogP contribution in [0.15, 0.2) is 66.0 Å². The lowest BCUT2D eigenvalue weighted by molar-refractivity contribution is 0.289. The van der Waals surface area contributed by atoms with E-state index in [1.54, 1.807) is 19.4 Å². The Kier molecular flexibility index (Phi) is 5.29. The second-order valence-electron chi connectivity index (χ2n) is 6.02. The molecule has 0 saturated heterocycles. The Hall–Kier alpha value is -3.26. The molecule has 0 unspecified atom stereocenters. The summed E-state index contributed by atoms with van der Waals surface area (Å²) in [4.78, 5) is 4.48. The van der Waals surface area contributed by atoms with E-state index in [0.717, 1.165) is 22.2 Å². The van der Waals surface area contributed by atoms with Crippen LogP contribution in [0.5, 0.6) is 11.5 Å². The van der Waals surface area contributed by atoms with E-state index in [4.69, 9.17) is 15.3 Å². The van der Waals surface area contributed by atoms with Crippen molar-refractivity contribution in [2.45, 2.75) is 17.5 Å². The van der Waals surface area contributed by atoms with Gasteiger partial charge >= 0.3 is 0 Å². The molecule has 0 aliphatic heterocycles. The standard InChI is InChI=1S/C20H19N5O2S/c1-26-16-8-3-9-17(11-16)27-12-18-23-24-20(25(18)21)28-13-15-6-2-5-14-7-4-10-22-19(14)15/h2-11H,12-13,21H2,1H3. The summed E-state index contributed by atoms with van der Waals surface area (Å²) in [6.07, 6.45) is 1.80. The van der Waals surface area contributed by atoms with Crippen LogP contribution in [0, 0.1) is 0 Å². The third-order valence-electron chi connectivity index (χ3n) is 4.22. The number of nitrogens with zero attached hydrogens (tertiary/aromatic N) is 4. The number of thioether (sulfide) groups is 1. The maximum absolute atomic E-state index is 6.15. The van der Waals surface area contributed by atoms with Crippen LogP contribution in [-0.4, -0.2) is 27.0 Å². The number of pyridine rings is 1. The number of nitrogens with two attached hydrogens (primary N) is 1. The minimum atomic E-state index is 0.215. The summed E-state index contributed by atoms with van der Waals surface area (Å²) in [5, 5.41) is 10.1. The van der Waals surface area contributed by atoms with Gasteiger partial charge in [0, 0.05) is 23.4 Å². The topological polar surface area (TPSA) is 88.1 Å². The zero-order chi connectivity index (χ0) is 19.3. The molecule has 0 aliphatic rings. The van der Waals surface area contributed by atoms with Crippen LogP contribution in [0.2, 0.25) is 0 Å². The van der Waals surface area contributed by atoms with Crippen molar-refractivity contribution in [3.05, 3.63) is 72.2 Å². The second kappa shape index (κ2) is 8.18. The molecule has 2 aromatic heterocycles. The molecule has 2 aromatic carbocycles. The summed E-state index contributed by atoms with van der Waals surface area (Å²) in [6, 6.07) is 17.5. The number of methoxy groups -OCH3 is 1. The molecule has 0 atom stereocenters. The number of benzene rings is 2. The van der Waals surface area contributed by atoms with Gasteiger partial charge in [-0.25, -0.2) is 4.68 Å². The van der Waals surface area contributed by atoms with Gasteiger partial charge in [0.2, 0.25) is 5.16 Å². The highest BCUT2D eigenvalue weighted by Gasteiger charge is 2.12. The highest BCUT2D eigenvalue weighted by Crippen LogP contribution is 2.25. The van der Waals surface area contributed by atoms with E-state index < -0.39 is 0 Å². The Labute approximate surface area is 166 Å². The van der Waals surface area contributed by atoms with Crippen molar-refractivity contribution >= 4 is 22.7 Å². The van der Waals surface area contributed by atoms with Crippen LogP contribution in [0.1, 0.15) is 11.4 Å². The molecule has 0 spiro atoms. The summed E-state index contributed by atoms with van der Waals surface area (Å²) in [5.41, 5.74) is 2.11. The Balaban J connectivity index is 1.43. The molecule has 4 aromatic rings. The molecule has 0 aliphatic carbocycles. The average molecular weight is 393 g/mol. The third-order valence-corrected chi connectivity index (χ3v) is 5.21. The Morgan fingerprint density at radius 1 is 1.04 bits per heavy atom. The molecular weight excluding hydrogens is 374 g/mol. The zero-order valence-electron chi connectivity index (χ0n) is 15.3. The van der Waals surface area contributed by atoms with E-state index in [0.29, 0.717) is 22.5 Å². The van der Waals surface area contributed by atoms with E-state index >= 15 is 0 Å². The predicted molar refractivity (Wildman–Crippen MR) is 109 cm³/mol. The third kappa shape index (κ3) is 3.86. The lowest BCUT2D eigenvalue weighted by atomic mass is 10.1. The number of aromatic nitrogens is 4. The molecular formula is C20H19N5O2S. The lowest BCUT2D eigenvalue weighted by Crippen LogP contribution is -2.15. The largest absolute Gasteiger partial charge is 0.497 e. The molecule has 2 heterocycles. The number of fused-ring (bicyclic) bond motifs is 1. The number of para-hydroxylation sites is 1. The van der Waals surface area contributed by atoms with Crippen LogP contribution in [0.4, 0.5) is 0 Å². The van der Waals surface area contributed by atoms with Crippen LogP contribution >= 0.6 is 11.8 Å². The summed E-state index contributed by atoms with van der Waals surface area (Å²) in [5.74, 6) is 8.80. The van der Waals surface area contributed by atoms with Gasteiger partial charge in [-0.05, 0) is 23.8 Å². The van der Waals surface area contributed by atoms with Gasteiger partial charge in [-0.2, -0.15) is 0 Å². The fourth-order valence-corrected chi connectivity index (χ4v) is 3.63. The van der Waals surface area contributed by atoms with Crippen LogP contribution < -0.4 is 15.3 Å². The summed E-state index contributed by atoms with van der Waals surface area (Å²) in [6.45, 7) is 0.215. The first kappa shape index (κ1) is 18.1. The lowest BCUT2D eigenvalue weighted by Gasteiger charge is -2.08. The van der Waals surface area contributed by atoms with E-state index in [9.17, 15) is 0 Å². The fraction of sp³-hybridized carbons (Fsp3) is 0.150. The number of hydrogen-bond donors (Lipinski definition) is 1. The Morgan fingerprint density at radius 2 is 1.86 bits per heavy atom. The maximum Gasteiger partial charge on any atom is 0.210 e. The van der Waals surface area contributed by atoms with Crippen LogP contribution in [0.3, 0.4) is 0 Å². The first-order valence-electron chi connectivity index (χ1n) is 8.66. The van der Waals surface area contributed by atoms with E-state index in [2.05, 4.69) is 33.4 Å². The van der Waals surface area contributed by atoms with E-state index in [-0.39, 0.29) is 6.61 Å². The van der Waals surface area contributed by atoms with Crippen molar-refractivity contribution in [3.63, 3.8) is 0 Å². The van der Waals surface area contributed by atoms with Gasteiger partial charge in [-0.3, -0.25) is 4.98 Å². The molecule has 142 valence electrons. The van der Waals surface area contributed by atoms with E-state index in [1.807, 2.05) is 30.3 Å². The summed E-state index contributed by atoms with van der Waals surface area (Å²) in [7, 11) is 1.62. The number of nitrogen functional groups attached to an aromatic ring is 1. The molecule has 0 saturated carbocycles. The summed E-state index contributed by atoms with van der Waals surface area (Å²) < 4.78 is 12.4. The molecule has 28 heavy (non-hydrogen) atoms. The zero-order valence-corrected chi connectivity index (χ0v) is 16.1. The van der Waals surface area contributed by atoms with Crippen molar-refractivity contribution in [2.75, 3.05) is 13.0 Å². The van der Waals surface area contributed by atoms with Gasteiger partial charge in [-0.15, -0.1) is 10.2 Å². The average Bonchev–Trinajstić information content (AvgIpc) is 3.10. The van der Waals surface area contributed by atoms with Crippen molar-refractivity contribution < 1.29 is 9.47 Å². The number of hydrogen-bond acceptors (Lipinski definition) is 7. The van der Waals surface area contributed by atoms with Gasteiger partial charge in [0.25, 0.3) is 0 Å². The molecule has 7 nitrogen and oxygen atoms in total. The summed E-state index contributed by atoms with van der Waals surface area (Å²) >= 11 is 1.51. The maximum atomic E-state index is 6.15. The minimum absolute atomic E-state index is 0.215. The minimum Gasteiger partial charge on any atom is -0.497 e. The number of ether oxygens (including phenoxy) is 2. The fourth-order valence-electron chi connectivity index (χ4n) is 2.77. The normalized spacial score (nSPS) is 10.9. The van der Waals surface area contributed by atoms with Crippen molar-refractivity contribution in [3.8, 4) is 11.5 Å². The quantitative estimate of drug-likeness (QED) is 0.380. The monoisotopic (exact) mass is 393 g/mol. The van der Waals surface area contributed by atoms with Gasteiger partial charge in [0.05, 0.1) is 12.6 Å². The molecule has 0 radical (unpaired) electrons. The van der Waals surface area contributed by atoms with Gasteiger partial charge < -0.3 is 15.3 Å². The SMILES string of the molecule is COc1cccc(OCc2nnc(SCc3cccc4cccnc34)n2N)c1. The second-order valence-corrected chi connectivity index (χ2v) is 6.96. The van der Waals surface area contributed by atoms with Crippen molar-refractivity contribution in [1.82, 2.24) is 19.9 Å². The Bertz CT molecular complexity index is 1090. The van der Waals surface area contributed by atoms with Gasteiger partial charge in [0.15, 0.2) is 5.82 Å². The molecule has 2 N–H and O–H groups in total. The number of rotatable bonds is 7. The van der Waals surface area contributed by atoms with Gasteiger partial charge in [0.1, 0.15) is 18.1 Å². The Morgan fingerprint density at radius 3 is 2.75 bits per heavy atom.